The van der Waals surface area contributed by atoms with Crippen molar-refractivity contribution in [2.45, 2.75) is 32.9 Å². The number of carbonyl (C=O) groups excluding carboxylic acids is 2. The minimum atomic E-state index is -1.13. The van der Waals surface area contributed by atoms with E-state index >= 15 is 0 Å². The van der Waals surface area contributed by atoms with Crippen molar-refractivity contribution >= 4 is 11.9 Å². The molecule has 0 aliphatic heterocycles. The van der Waals surface area contributed by atoms with Crippen molar-refractivity contribution in [2.75, 3.05) is 0 Å². The van der Waals surface area contributed by atoms with Crippen LogP contribution in [0.3, 0.4) is 0 Å². The van der Waals surface area contributed by atoms with Crippen LogP contribution < -0.4 is 10.9 Å². The van der Waals surface area contributed by atoms with Crippen molar-refractivity contribution in [3.63, 3.8) is 0 Å². The molecule has 138 valence electrons. The smallest absolute Gasteiger partial charge is 0.408 e. The molecule has 0 fully saturated rings. The molecule has 2 aromatic rings. The number of ketones is 1. The summed E-state index contributed by atoms with van der Waals surface area (Å²) in [6.07, 6.45) is -0.703. The highest BCUT2D eigenvalue weighted by Crippen LogP contribution is 2.20. The number of rotatable bonds is 5. The molecule has 0 aliphatic rings. The number of hydrogen-bond acceptors (Lipinski definition) is 6. The standard InChI is InChI=1S/C18H21N3O5/c1-11(22)13-14(23)15(24)21(4)16(19-13)18(2,3)20-17(25)26-10-12-8-6-5-7-9-12/h5-9,23H,10H2,1-4H3,(H,20,25). The lowest BCUT2D eigenvalue weighted by molar-refractivity contribution is 0.100. The fourth-order valence-corrected chi connectivity index (χ4v) is 2.46. The molecule has 2 rings (SSSR count). The highest BCUT2D eigenvalue weighted by atomic mass is 16.5. The molecule has 2 N–H and O–H groups in total. The maximum atomic E-state index is 12.1. The third-order valence-electron chi connectivity index (χ3n) is 3.79. The molecule has 1 amide bonds. The van der Waals surface area contributed by atoms with Gasteiger partial charge in [0.2, 0.25) is 5.75 Å². The number of benzene rings is 1. The largest absolute Gasteiger partial charge is 0.501 e. The van der Waals surface area contributed by atoms with Crippen LogP contribution in [0.1, 0.15) is 42.6 Å². The number of nitrogens with zero attached hydrogens (tertiary/aromatic N) is 2. The zero-order chi connectivity index (χ0) is 19.5. The molecular weight excluding hydrogens is 338 g/mol. The summed E-state index contributed by atoms with van der Waals surface area (Å²) in [7, 11) is 1.40. The first-order valence-electron chi connectivity index (χ1n) is 7.93. The van der Waals surface area contributed by atoms with E-state index in [0.717, 1.165) is 10.1 Å². The molecular formula is C18H21N3O5. The van der Waals surface area contributed by atoms with Gasteiger partial charge in [-0.3, -0.25) is 14.2 Å². The first-order valence-corrected chi connectivity index (χ1v) is 7.93. The molecule has 0 saturated heterocycles. The molecule has 8 heteroatoms. The Bertz CT molecular complexity index is 888. The van der Waals surface area contributed by atoms with Crippen molar-refractivity contribution in [3.8, 4) is 5.75 Å². The van der Waals surface area contributed by atoms with Crippen LogP contribution in [-0.2, 0) is 23.9 Å². The molecule has 8 nitrogen and oxygen atoms in total. The first kappa shape index (κ1) is 19.2. The van der Waals surface area contributed by atoms with Crippen molar-refractivity contribution in [1.29, 1.82) is 0 Å². The SMILES string of the molecule is CC(=O)c1nc(C(C)(C)NC(=O)OCc2ccccc2)n(C)c(=O)c1O. The van der Waals surface area contributed by atoms with Crippen LogP contribution in [0.4, 0.5) is 4.79 Å². The maximum absolute atomic E-state index is 12.1. The first-order chi connectivity index (χ1) is 12.1. The van der Waals surface area contributed by atoms with E-state index in [9.17, 15) is 19.5 Å². The minimum Gasteiger partial charge on any atom is -0.501 e. The highest BCUT2D eigenvalue weighted by molar-refractivity contribution is 5.94. The predicted octanol–water partition coefficient (Wildman–Crippen LogP) is 1.85. The van der Waals surface area contributed by atoms with E-state index in [4.69, 9.17) is 4.74 Å². The average Bonchev–Trinajstić information content (AvgIpc) is 2.58. The van der Waals surface area contributed by atoms with Crippen LogP contribution in [0.5, 0.6) is 5.75 Å². The zero-order valence-electron chi connectivity index (χ0n) is 15.1. The van der Waals surface area contributed by atoms with Gasteiger partial charge in [-0.2, -0.15) is 0 Å². The van der Waals surface area contributed by atoms with Crippen molar-refractivity contribution < 1.29 is 19.4 Å². The van der Waals surface area contributed by atoms with E-state index in [0.29, 0.717) is 0 Å². The molecule has 1 heterocycles. The van der Waals surface area contributed by atoms with Gasteiger partial charge in [0.15, 0.2) is 11.5 Å². The lowest BCUT2D eigenvalue weighted by atomic mass is 10.0. The third-order valence-corrected chi connectivity index (χ3v) is 3.79. The maximum Gasteiger partial charge on any atom is 0.408 e. The number of nitrogens with one attached hydrogen (secondary N) is 1. The Kier molecular flexibility index (Phi) is 5.44. The van der Waals surface area contributed by atoms with Crippen LogP contribution in [0.25, 0.3) is 0 Å². The zero-order valence-corrected chi connectivity index (χ0v) is 15.1. The van der Waals surface area contributed by atoms with Crippen LogP contribution in [0, 0.1) is 0 Å². The minimum absolute atomic E-state index is 0.0867. The fourth-order valence-electron chi connectivity index (χ4n) is 2.46. The van der Waals surface area contributed by atoms with Gasteiger partial charge in [0.05, 0.1) is 5.54 Å². The lowest BCUT2D eigenvalue weighted by Gasteiger charge is -2.27. The summed E-state index contributed by atoms with van der Waals surface area (Å²) in [5.41, 5.74) is -1.41. The van der Waals surface area contributed by atoms with Crippen LogP contribution in [0.2, 0.25) is 0 Å². The van der Waals surface area contributed by atoms with E-state index in [2.05, 4.69) is 10.3 Å². The molecule has 0 saturated carbocycles. The number of ether oxygens (including phenoxy) is 1. The number of aromatic hydroxyl groups is 1. The Balaban J connectivity index is 2.22. The topological polar surface area (TPSA) is 111 Å². The Morgan fingerprint density at radius 1 is 1.27 bits per heavy atom. The van der Waals surface area contributed by atoms with Gasteiger partial charge in [0.25, 0.3) is 5.56 Å². The number of Topliss-reactive ketones (excluding diaryl/α,β-unsaturated/α-hetero) is 1. The number of amides is 1. The summed E-state index contributed by atoms with van der Waals surface area (Å²) in [4.78, 5) is 39.9. The summed E-state index contributed by atoms with van der Waals surface area (Å²) >= 11 is 0. The van der Waals surface area contributed by atoms with Gasteiger partial charge in [-0.15, -0.1) is 0 Å². The monoisotopic (exact) mass is 359 g/mol. The molecule has 0 spiro atoms. The Labute approximate surface area is 150 Å². The molecule has 0 radical (unpaired) electrons. The van der Waals surface area contributed by atoms with Crippen LogP contribution >= 0.6 is 0 Å². The quantitative estimate of drug-likeness (QED) is 0.788. The van der Waals surface area contributed by atoms with E-state index in [1.54, 1.807) is 13.8 Å². The van der Waals surface area contributed by atoms with Crippen LogP contribution in [-0.4, -0.2) is 26.5 Å². The van der Waals surface area contributed by atoms with E-state index < -0.39 is 28.7 Å². The summed E-state index contributed by atoms with van der Waals surface area (Å²) < 4.78 is 6.26. The van der Waals surface area contributed by atoms with Gasteiger partial charge in [0, 0.05) is 14.0 Å². The second kappa shape index (κ2) is 7.38. The van der Waals surface area contributed by atoms with Crippen molar-refractivity contribution in [1.82, 2.24) is 14.9 Å². The molecule has 0 atom stereocenters. The normalized spacial score (nSPS) is 11.1. The molecule has 0 bridgehead atoms. The van der Waals surface area contributed by atoms with E-state index in [1.165, 1.54) is 14.0 Å². The summed E-state index contributed by atoms with van der Waals surface area (Å²) in [6, 6.07) is 9.17. The summed E-state index contributed by atoms with van der Waals surface area (Å²) in [5, 5.41) is 12.4. The highest BCUT2D eigenvalue weighted by Gasteiger charge is 2.31. The molecule has 1 aromatic heterocycles. The number of alkyl carbamates (subject to hydrolysis) is 1. The number of aromatic nitrogens is 2. The average molecular weight is 359 g/mol. The summed E-state index contributed by atoms with van der Waals surface area (Å²) in [5.74, 6) is -1.16. The van der Waals surface area contributed by atoms with Gasteiger partial charge in [-0.25, -0.2) is 9.78 Å². The molecule has 0 aliphatic carbocycles. The van der Waals surface area contributed by atoms with Gasteiger partial charge >= 0.3 is 6.09 Å². The Morgan fingerprint density at radius 2 is 1.88 bits per heavy atom. The lowest BCUT2D eigenvalue weighted by Crippen LogP contribution is -2.45. The van der Waals surface area contributed by atoms with Crippen LogP contribution in [0.15, 0.2) is 35.1 Å². The number of carbonyl (C=O) groups is 2. The Morgan fingerprint density at radius 3 is 2.46 bits per heavy atom. The molecule has 1 aromatic carbocycles. The number of hydrogen-bond donors (Lipinski definition) is 2. The van der Waals surface area contributed by atoms with Gasteiger partial charge < -0.3 is 15.2 Å². The summed E-state index contributed by atoms with van der Waals surface area (Å²) in [6.45, 7) is 4.50. The predicted molar refractivity (Wildman–Crippen MR) is 93.9 cm³/mol. The van der Waals surface area contributed by atoms with Gasteiger partial charge in [0.1, 0.15) is 12.4 Å². The second-order valence-electron chi connectivity index (χ2n) is 6.36. The van der Waals surface area contributed by atoms with E-state index in [-0.39, 0.29) is 18.1 Å². The third kappa shape index (κ3) is 4.08. The molecule has 0 unspecified atom stereocenters. The molecule has 26 heavy (non-hydrogen) atoms. The van der Waals surface area contributed by atoms with Crippen molar-refractivity contribution in [3.05, 3.63) is 57.8 Å². The van der Waals surface area contributed by atoms with Crippen molar-refractivity contribution in [2.24, 2.45) is 7.05 Å². The Hall–Kier alpha value is -3.16. The fraction of sp³-hybridized carbons (Fsp3) is 0.333. The second-order valence-corrected chi connectivity index (χ2v) is 6.36. The van der Waals surface area contributed by atoms with Gasteiger partial charge in [-0.05, 0) is 19.4 Å². The van der Waals surface area contributed by atoms with E-state index in [1.807, 2.05) is 30.3 Å². The van der Waals surface area contributed by atoms with Gasteiger partial charge in [-0.1, -0.05) is 30.3 Å².